The van der Waals surface area contributed by atoms with Crippen molar-refractivity contribution in [3.63, 3.8) is 0 Å². The molecule has 1 aromatic carbocycles. The van der Waals surface area contributed by atoms with E-state index >= 15 is 0 Å². The van der Waals surface area contributed by atoms with Crippen LogP contribution in [-0.2, 0) is 25.4 Å². The average Bonchev–Trinajstić information content (AvgIpc) is 3.38. The number of aryl methyl sites for hydroxylation is 1. The van der Waals surface area contributed by atoms with Crippen molar-refractivity contribution in [1.82, 2.24) is 23.6 Å². The molecule has 5 rings (SSSR count). The Morgan fingerprint density at radius 1 is 1.09 bits per heavy atom. The summed E-state index contributed by atoms with van der Waals surface area (Å²) in [5.74, 6) is 1.34. The Morgan fingerprint density at radius 2 is 1.88 bits per heavy atom. The Hall–Kier alpha value is -3.56. The average molecular weight is 439 g/mol. The summed E-state index contributed by atoms with van der Waals surface area (Å²) in [7, 11) is 2.98. The number of rotatable bonds is 3. The molecular formula is C22H25N5O5. The minimum Gasteiger partial charge on any atom is -0.490 e. The van der Waals surface area contributed by atoms with Gasteiger partial charge in [0.25, 0.3) is 5.56 Å². The third-order valence-corrected chi connectivity index (χ3v) is 6.25. The summed E-state index contributed by atoms with van der Waals surface area (Å²) in [4.78, 5) is 44.2. The van der Waals surface area contributed by atoms with Crippen molar-refractivity contribution < 1.29 is 14.3 Å². The molecule has 1 atom stereocenters. The first kappa shape index (κ1) is 20.3. The Kier molecular flexibility index (Phi) is 4.99. The maximum absolute atomic E-state index is 13.3. The minimum absolute atomic E-state index is 0.0228. The lowest BCUT2D eigenvalue weighted by Gasteiger charge is -2.26. The standard InChI is InChI=1S/C22H25N5O5/c1-24-20-19(21(29)25(2)22(24)30)26(13-23-20)12-18(28)27-8-3-5-15(27)14-6-7-16-17(11-14)32-10-4-9-31-16/h6-7,11,13,15H,3-5,8-10,12H2,1-2H3/t15-/m1/s1. The lowest BCUT2D eigenvalue weighted by molar-refractivity contribution is -0.132. The van der Waals surface area contributed by atoms with Crippen molar-refractivity contribution in [2.45, 2.75) is 31.8 Å². The van der Waals surface area contributed by atoms with Gasteiger partial charge in [-0.3, -0.25) is 18.7 Å². The molecule has 0 bridgehead atoms. The molecule has 0 radical (unpaired) electrons. The number of nitrogens with zero attached hydrogens (tertiary/aromatic N) is 5. The second kappa shape index (κ2) is 7.85. The molecule has 1 amide bonds. The second-order valence-corrected chi connectivity index (χ2v) is 8.25. The first-order valence-corrected chi connectivity index (χ1v) is 10.8. The van der Waals surface area contributed by atoms with E-state index in [-0.39, 0.29) is 29.7 Å². The molecule has 0 saturated carbocycles. The van der Waals surface area contributed by atoms with Crippen LogP contribution in [0.5, 0.6) is 11.5 Å². The molecule has 10 heteroatoms. The van der Waals surface area contributed by atoms with Crippen LogP contribution in [0.3, 0.4) is 0 Å². The molecule has 3 aromatic rings. The molecule has 32 heavy (non-hydrogen) atoms. The van der Waals surface area contributed by atoms with E-state index in [1.807, 2.05) is 23.1 Å². The van der Waals surface area contributed by atoms with Crippen LogP contribution >= 0.6 is 0 Å². The highest BCUT2D eigenvalue weighted by molar-refractivity contribution is 5.79. The van der Waals surface area contributed by atoms with Gasteiger partial charge in [0.15, 0.2) is 22.7 Å². The topological polar surface area (TPSA) is 101 Å². The van der Waals surface area contributed by atoms with Gasteiger partial charge in [0, 0.05) is 27.1 Å². The Bertz CT molecular complexity index is 1320. The van der Waals surface area contributed by atoms with E-state index in [4.69, 9.17) is 9.47 Å². The first-order chi connectivity index (χ1) is 15.5. The largest absolute Gasteiger partial charge is 0.490 e. The van der Waals surface area contributed by atoms with Gasteiger partial charge in [-0.15, -0.1) is 0 Å². The van der Waals surface area contributed by atoms with Gasteiger partial charge < -0.3 is 18.9 Å². The number of amides is 1. The number of ether oxygens (including phenoxy) is 2. The number of carbonyl (C=O) groups is 1. The van der Waals surface area contributed by atoms with Gasteiger partial charge in [-0.05, 0) is 30.5 Å². The van der Waals surface area contributed by atoms with Gasteiger partial charge in [-0.1, -0.05) is 6.07 Å². The molecule has 0 spiro atoms. The van der Waals surface area contributed by atoms with Gasteiger partial charge in [0.05, 0.1) is 25.6 Å². The minimum atomic E-state index is -0.464. The molecule has 0 N–H and O–H groups in total. The molecule has 1 fully saturated rings. The fourth-order valence-electron chi connectivity index (χ4n) is 4.55. The van der Waals surface area contributed by atoms with Crippen LogP contribution in [0.2, 0.25) is 0 Å². The zero-order valence-corrected chi connectivity index (χ0v) is 18.1. The van der Waals surface area contributed by atoms with Gasteiger partial charge in [0.1, 0.15) is 6.54 Å². The molecule has 2 aliphatic heterocycles. The summed E-state index contributed by atoms with van der Waals surface area (Å²) in [6, 6.07) is 5.79. The third-order valence-electron chi connectivity index (χ3n) is 6.25. The Balaban J connectivity index is 1.43. The number of benzene rings is 1. The van der Waals surface area contributed by atoms with E-state index in [1.165, 1.54) is 22.5 Å². The zero-order chi connectivity index (χ0) is 22.4. The fraction of sp³-hybridized carbons (Fsp3) is 0.455. The van der Waals surface area contributed by atoms with Crippen LogP contribution in [0.15, 0.2) is 34.1 Å². The van der Waals surface area contributed by atoms with Crippen LogP contribution in [-0.4, -0.2) is 49.3 Å². The first-order valence-electron chi connectivity index (χ1n) is 10.8. The monoisotopic (exact) mass is 439 g/mol. The SMILES string of the molecule is Cn1c(=O)c2c(ncn2CC(=O)N2CCC[C@@H]2c2ccc3c(c2)OCCCO3)n(C)c1=O. The van der Waals surface area contributed by atoms with E-state index in [0.29, 0.717) is 25.5 Å². The van der Waals surface area contributed by atoms with E-state index in [2.05, 4.69) is 4.98 Å². The van der Waals surface area contributed by atoms with E-state index in [9.17, 15) is 14.4 Å². The van der Waals surface area contributed by atoms with Crippen LogP contribution in [0.4, 0.5) is 0 Å². The zero-order valence-electron chi connectivity index (χ0n) is 18.1. The second-order valence-electron chi connectivity index (χ2n) is 8.25. The van der Waals surface area contributed by atoms with E-state index in [1.54, 1.807) is 7.05 Å². The summed E-state index contributed by atoms with van der Waals surface area (Å²) in [5.41, 5.74) is 0.609. The third kappa shape index (κ3) is 3.26. The molecule has 4 heterocycles. The Labute approximate surface area is 183 Å². The van der Waals surface area contributed by atoms with Crippen LogP contribution in [0, 0.1) is 0 Å². The summed E-state index contributed by atoms with van der Waals surface area (Å²) in [6.07, 6.45) is 4.03. The lowest BCUT2D eigenvalue weighted by atomic mass is 10.0. The number of fused-ring (bicyclic) bond motifs is 2. The van der Waals surface area contributed by atoms with Crippen molar-refractivity contribution in [2.24, 2.45) is 14.1 Å². The van der Waals surface area contributed by atoms with Crippen LogP contribution < -0.4 is 20.7 Å². The van der Waals surface area contributed by atoms with E-state index in [0.717, 1.165) is 35.1 Å². The molecule has 0 aliphatic carbocycles. The summed E-state index contributed by atoms with van der Waals surface area (Å²) in [5, 5.41) is 0. The number of carbonyl (C=O) groups excluding carboxylic acids is 1. The lowest BCUT2D eigenvalue weighted by Crippen LogP contribution is -2.38. The highest BCUT2D eigenvalue weighted by Crippen LogP contribution is 2.38. The maximum Gasteiger partial charge on any atom is 0.332 e. The van der Waals surface area contributed by atoms with Crippen molar-refractivity contribution in [3.8, 4) is 11.5 Å². The van der Waals surface area contributed by atoms with E-state index < -0.39 is 11.2 Å². The van der Waals surface area contributed by atoms with Crippen molar-refractivity contribution in [3.05, 3.63) is 50.9 Å². The molecular weight excluding hydrogens is 414 g/mol. The quantitative estimate of drug-likeness (QED) is 0.603. The molecule has 2 aliphatic rings. The summed E-state index contributed by atoms with van der Waals surface area (Å²) in [6.45, 7) is 1.85. The van der Waals surface area contributed by atoms with Gasteiger partial charge in [-0.2, -0.15) is 0 Å². The van der Waals surface area contributed by atoms with Crippen molar-refractivity contribution in [1.29, 1.82) is 0 Å². The van der Waals surface area contributed by atoms with Crippen LogP contribution in [0.1, 0.15) is 30.9 Å². The maximum atomic E-state index is 13.3. The molecule has 2 aromatic heterocycles. The van der Waals surface area contributed by atoms with Crippen molar-refractivity contribution >= 4 is 17.1 Å². The molecule has 0 unspecified atom stereocenters. The number of imidazole rings is 1. The smallest absolute Gasteiger partial charge is 0.332 e. The highest BCUT2D eigenvalue weighted by Gasteiger charge is 2.31. The van der Waals surface area contributed by atoms with Gasteiger partial charge in [-0.25, -0.2) is 9.78 Å². The number of hydrogen-bond acceptors (Lipinski definition) is 6. The summed E-state index contributed by atoms with van der Waals surface area (Å²) >= 11 is 0. The highest BCUT2D eigenvalue weighted by atomic mass is 16.5. The molecule has 10 nitrogen and oxygen atoms in total. The van der Waals surface area contributed by atoms with Gasteiger partial charge in [0.2, 0.25) is 5.91 Å². The van der Waals surface area contributed by atoms with Crippen LogP contribution in [0.25, 0.3) is 11.2 Å². The molecule has 168 valence electrons. The number of hydrogen-bond donors (Lipinski definition) is 0. The number of likely N-dealkylation sites (tertiary alicyclic amines) is 1. The normalized spacial score (nSPS) is 18.2. The van der Waals surface area contributed by atoms with Gasteiger partial charge >= 0.3 is 5.69 Å². The molecule has 1 saturated heterocycles. The predicted molar refractivity (Wildman–Crippen MR) is 116 cm³/mol. The fourth-order valence-corrected chi connectivity index (χ4v) is 4.55. The van der Waals surface area contributed by atoms with Crippen molar-refractivity contribution in [2.75, 3.05) is 19.8 Å². The number of aromatic nitrogens is 4. The predicted octanol–water partition coefficient (Wildman–Crippen LogP) is 0.959. The Morgan fingerprint density at radius 3 is 2.69 bits per heavy atom. The summed E-state index contributed by atoms with van der Waals surface area (Å²) < 4.78 is 15.4.